The van der Waals surface area contributed by atoms with Crippen molar-refractivity contribution < 1.29 is 13.2 Å². The molecule has 0 saturated carbocycles. The Bertz CT molecular complexity index is 704. The van der Waals surface area contributed by atoms with Crippen LogP contribution in [0.15, 0.2) is 24.5 Å². The van der Waals surface area contributed by atoms with Crippen LogP contribution < -0.4 is 5.32 Å². The first-order valence-electron chi connectivity index (χ1n) is 8.93. The van der Waals surface area contributed by atoms with Gasteiger partial charge in [-0.25, -0.2) is 13.2 Å². The number of carbonyl (C=O) groups is 1. The summed E-state index contributed by atoms with van der Waals surface area (Å²) in [6, 6.07) is 3.91. The van der Waals surface area contributed by atoms with Crippen LogP contribution >= 0.6 is 0 Å². The zero-order chi connectivity index (χ0) is 18.1. The van der Waals surface area contributed by atoms with Crippen LogP contribution in [0.4, 0.5) is 4.79 Å². The molecule has 2 fully saturated rings. The normalized spacial score (nSPS) is 25.2. The number of rotatable bonds is 4. The molecule has 138 valence electrons. The van der Waals surface area contributed by atoms with Gasteiger partial charge in [-0.1, -0.05) is 19.9 Å². The molecule has 1 aromatic heterocycles. The average Bonchev–Trinajstić information content (AvgIpc) is 2.55. The summed E-state index contributed by atoms with van der Waals surface area (Å²) in [5, 5.41) is 3.01. The molecule has 25 heavy (non-hydrogen) atoms. The number of urea groups is 1. The summed E-state index contributed by atoms with van der Waals surface area (Å²) in [4.78, 5) is 18.6. The Balaban J connectivity index is 1.50. The first-order chi connectivity index (χ1) is 11.8. The molecule has 1 N–H and O–H groups in total. The van der Waals surface area contributed by atoms with E-state index in [0.717, 1.165) is 18.5 Å². The van der Waals surface area contributed by atoms with Crippen LogP contribution in [0.1, 0.15) is 44.7 Å². The standard InChI is InChI=1S/C18H27N3O3S/c1-18(2)13-21(16(18)15-4-3-8-19-12-15)17(22)20-9-5-14-6-10-25(23,24)11-7-14/h3-4,8,12,14,16H,5-7,9-11,13H2,1-2H3,(H,20,22). The van der Waals surface area contributed by atoms with Gasteiger partial charge >= 0.3 is 6.03 Å². The van der Waals surface area contributed by atoms with E-state index in [9.17, 15) is 13.2 Å². The molecule has 2 aliphatic heterocycles. The quantitative estimate of drug-likeness (QED) is 0.888. The SMILES string of the molecule is CC1(C)CN(C(=O)NCCC2CCS(=O)(=O)CC2)C1c1cccnc1. The predicted molar refractivity (Wildman–Crippen MR) is 96.9 cm³/mol. The summed E-state index contributed by atoms with van der Waals surface area (Å²) in [7, 11) is -2.82. The molecular formula is C18H27N3O3S. The van der Waals surface area contributed by atoms with E-state index in [1.54, 1.807) is 6.20 Å². The zero-order valence-corrected chi connectivity index (χ0v) is 15.8. The minimum absolute atomic E-state index is 0.0398. The molecule has 3 heterocycles. The fraction of sp³-hybridized carbons (Fsp3) is 0.667. The van der Waals surface area contributed by atoms with Gasteiger partial charge in [0.1, 0.15) is 9.84 Å². The number of nitrogens with zero attached hydrogens (tertiary/aromatic N) is 2. The molecule has 2 aliphatic rings. The number of nitrogens with one attached hydrogen (secondary N) is 1. The summed E-state index contributed by atoms with van der Waals surface area (Å²) in [6.07, 6.45) is 5.84. The first-order valence-corrected chi connectivity index (χ1v) is 10.8. The Morgan fingerprint density at radius 2 is 2.08 bits per heavy atom. The lowest BCUT2D eigenvalue weighted by Crippen LogP contribution is -2.60. The summed E-state index contributed by atoms with van der Waals surface area (Å²) < 4.78 is 22.9. The highest BCUT2D eigenvalue weighted by Gasteiger charge is 2.48. The van der Waals surface area contributed by atoms with Gasteiger partial charge in [0.25, 0.3) is 0 Å². The molecule has 0 aliphatic carbocycles. The van der Waals surface area contributed by atoms with Crippen LogP contribution in [0.2, 0.25) is 0 Å². The molecule has 0 radical (unpaired) electrons. The monoisotopic (exact) mass is 365 g/mol. The van der Waals surface area contributed by atoms with Gasteiger partial charge in [-0.15, -0.1) is 0 Å². The number of sulfone groups is 1. The maximum Gasteiger partial charge on any atom is 0.317 e. The third kappa shape index (κ3) is 4.14. The number of aromatic nitrogens is 1. The van der Waals surface area contributed by atoms with Gasteiger partial charge < -0.3 is 10.2 Å². The Hall–Kier alpha value is -1.63. The van der Waals surface area contributed by atoms with E-state index in [-0.39, 0.29) is 29.0 Å². The number of hydrogen-bond donors (Lipinski definition) is 1. The third-order valence-electron chi connectivity index (χ3n) is 5.39. The molecule has 0 aromatic carbocycles. The molecule has 3 rings (SSSR count). The van der Waals surface area contributed by atoms with E-state index in [0.29, 0.717) is 25.3 Å². The summed E-state index contributed by atoms with van der Waals surface area (Å²) in [5.41, 5.74) is 1.10. The van der Waals surface area contributed by atoms with Crippen molar-refractivity contribution in [1.82, 2.24) is 15.2 Å². The van der Waals surface area contributed by atoms with Crippen LogP contribution in [-0.2, 0) is 9.84 Å². The van der Waals surface area contributed by atoms with Gasteiger partial charge in [-0.05, 0) is 36.8 Å². The Kier molecular flexibility index (Phi) is 5.04. The van der Waals surface area contributed by atoms with Crippen molar-refractivity contribution in [2.24, 2.45) is 11.3 Å². The Labute approximate surface area is 149 Å². The van der Waals surface area contributed by atoms with Crippen molar-refractivity contribution in [3.05, 3.63) is 30.1 Å². The lowest BCUT2D eigenvalue weighted by molar-refractivity contribution is -0.0166. The minimum atomic E-state index is -2.82. The highest BCUT2D eigenvalue weighted by atomic mass is 32.2. The average molecular weight is 365 g/mol. The number of pyridine rings is 1. The van der Waals surface area contributed by atoms with E-state index in [1.165, 1.54) is 0 Å². The Morgan fingerprint density at radius 1 is 1.36 bits per heavy atom. The van der Waals surface area contributed by atoms with E-state index in [4.69, 9.17) is 0 Å². The first kappa shape index (κ1) is 18.2. The second kappa shape index (κ2) is 6.94. The second-order valence-electron chi connectivity index (χ2n) is 7.92. The molecular weight excluding hydrogens is 338 g/mol. The summed E-state index contributed by atoms with van der Waals surface area (Å²) in [6.45, 7) is 5.65. The van der Waals surface area contributed by atoms with Gasteiger partial charge in [0.05, 0.1) is 17.5 Å². The topological polar surface area (TPSA) is 79.4 Å². The molecule has 0 bridgehead atoms. The van der Waals surface area contributed by atoms with Crippen LogP contribution in [0, 0.1) is 11.3 Å². The molecule has 1 unspecified atom stereocenters. The van der Waals surface area contributed by atoms with Gasteiger partial charge in [0.2, 0.25) is 0 Å². The van der Waals surface area contributed by atoms with Crippen LogP contribution in [0.3, 0.4) is 0 Å². The second-order valence-corrected chi connectivity index (χ2v) is 10.2. The molecule has 2 saturated heterocycles. The molecule has 2 amide bonds. The highest BCUT2D eigenvalue weighted by molar-refractivity contribution is 7.91. The minimum Gasteiger partial charge on any atom is -0.338 e. The molecule has 6 nitrogen and oxygen atoms in total. The molecule has 0 spiro atoms. The predicted octanol–water partition coefficient (Wildman–Crippen LogP) is 2.39. The van der Waals surface area contributed by atoms with E-state index < -0.39 is 9.84 Å². The van der Waals surface area contributed by atoms with Gasteiger partial charge in [-0.3, -0.25) is 4.98 Å². The zero-order valence-electron chi connectivity index (χ0n) is 14.9. The van der Waals surface area contributed by atoms with Gasteiger partial charge in [-0.2, -0.15) is 0 Å². The molecule has 1 atom stereocenters. The number of amides is 2. The maximum absolute atomic E-state index is 12.5. The number of likely N-dealkylation sites (tertiary alicyclic amines) is 1. The van der Waals surface area contributed by atoms with Crippen LogP contribution in [-0.4, -0.2) is 48.9 Å². The molecule has 1 aromatic rings. The van der Waals surface area contributed by atoms with Crippen molar-refractivity contribution in [3.8, 4) is 0 Å². The van der Waals surface area contributed by atoms with Crippen LogP contribution in [0.5, 0.6) is 0 Å². The van der Waals surface area contributed by atoms with Crippen molar-refractivity contribution in [2.45, 2.75) is 39.2 Å². The fourth-order valence-electron chi connectivity index (χ4n) is 4.00. The van der Waals surface area contributed by atoms with Crippen molar-refractivity contribution in [1.29, 1.82) is 0 Å². The largest absolute Gasteiger partial charge is 0.338 e. The number of hydrogen-bond acceptors (Lipinski definition) is 4. The van der Waals surface area contributed by atoms with E-state index >= 15 is 0 Å². The van der Waals surface area contributed by atoms with Gasteiger partial charge in [0.15, 0.2) is 0 Å². The third-order valence-corrected chi connectivity index (χ3v) is 7.11. The van der Waals surface area contributed by atoms with Crippen LogP contribution in [0.25, 0.3) is 0 Å². The lowest BCUT2D eigenvalue weighted by Gasteiger charge is -2.54. The van der Waals surface area contributed by atoms with Crippen molar-refractivity contribution >= 4 is 15.9 Å². The van der Waals surface area contributed by atoms with Crippen molar-refractivity contribution in [2.75, 3.05) is 24.6 Å². The van der Waals surface area contributed by atoms with Crippen molar-refractivity contribution in [3.63, 3.8) is 0 Å². The molecule has 7 heteroatoms. The Morgan fingerprint density at radius 3 is 2.68 bits per heavy atom. The van der Waals surface area contributed by atoms with E-state index in [1.807, 2.05) is 23.2 Å². The number of carbonyl (C=O) groups excluding carboxylic acids is 1. The summed E-state index contributed by atoms with van der Waals surface area (Å²) >= 11 is 0. The maximum atomic E-state index is 12.5. The lowest BCUT2D eigenvalue weighted by atomic mass is 9.72. The highest BCUT2D eigenvalue weighted by Crippen LogP contribution is 2.47. The summed E-state index contributed by atoms with van der Waals surface area (Å²) in [5.74, 6) is 0.968. The van der Waals surface area contributed by atoms with Gasteiger partial charge in [0, 0.05) is 30.9 Å². The smallest absolute Gasteiger partial charge is 0.317 e. The fourth-order valence-corrected chi connectivity index (χ4v) is 5.59. The van der Waals surface area contributed by atoms with E-state index in [2.05, 4.69) is 24.1 Å².